The van der Waals surface area contributed by atoms with Crippen molar-refractivity contribution in [3.63, 3.8) is 0 Å². The fourth-order valence-electron chi connectivity index (χ4n) is 0.756. The molecular formula is C6H10ClN3O2S. The van der Waals surface area contributed by atoms with E-state index in [-0.39, 0.29) is 23.4 Å². The molecule has 0 radical (unpaired) electrons. The standard InChI is InChI=1S/C6H9N3O2S.ClH/c7-3-4(8)5-1-2-6(12-5)9(10)11;/h1-2,4H,3,7-8H2;1H/t4-;/m0./s1. The zero-order valence-electron chi connectivity index (χ0n) is 6.67. The summed E-state index contributed by atoms with van der Waals surface area (Å²) in [5, 5.41) is 10.4. The number of thiophene rings is 1. The maximum Gasteiger partial charge on any atom is 0.324 e. The van der Waals surface area contributed by atoms with E-state index in [0.29, 0.717) is 6.54 Å². The molecule has 0 aliphatic heterocycles. The number of halogens is 1. The van der Waals surface area contributed by atoms with E-state index in [1.165, 1.54) is 6.07 Å². The first-order chi connectivity index (χ1) is 5.65. The van der Waals surface area contributed by atoms with Crippen molar-refractivity contribution in [1.82, 2.24) is 0 Å². The van der Waals surface area contributed by atoms with Crippen LogP contribution in [0.15, 0.2) is 12.1 Å². The molecule has 1 atom stereocenters. The highest BCUT2D eigenvalue weighted by Crippen LogP contribution is 2.27. The Hall–Kier alpha value is -0.690. The molecule has 1 rings (SSSR count). The molecule has 0 saturated heterocycles. The molecule has 7 heteroatoms. The molecule has 5 nitrogen and oxygen atoms in total. The molecule has 1 heterocycles. The summed E-state index contributed by atoms with van der Waals surface area (Å²) in [6, 6.07) is 2.79. The zero-order valence-corrected chi connectivity index (χ0v) is 8.31. The molecule has 0 bridgehead atoms. The average molecular weight is 224 g/mol. The fraction of sp³-hybridized carbons (Fsp3) is 0.333. The summed E-state index contributed by atoms with van der Waals surface area (Å²) < 4.78 is 0. The molecule has 13 heavy (non-hydrogen) atoms. The third-order valence-corrected chi connectivity index (χ3v) is 2.58. The minimum absolute atomic E-state index is 0. The quantitative estimate of drug-likeness (QED) is 0.591. The molecule has 0 aliphatic carbocycles. The number of nitro groups is 1. The van der Waals surface area contributed by atoms with Crippen LogP contribution in [0.1, 0.15) is 10.9 Å². The largest absolute Gasteiger partial charge is 0.329 e. The van der Waals surface area contributed by atoms with E-state index < -0.39 is 4.92 Å². The van der Waals surface area contributed by atoms with Gasteiger partial charge >= 0.3 is 5.00 Å². The first-order valence-corrected chi connectivity index (χ1v) is 4.16. The van der Waals surface area contributed by atoms with Gasteiger partial charge in [0.15, 0.2) is 0 Å². The number of nitrogens with zero attached hydrogens (tertiary/aromatic N) is 1. The summed E-state index contributed by atoms with van der Waals surface area (Å²) >= 11 is 1.07. The number of nitrogens with two attached hydrogens (primary N) is 2. The van der Waals surface area contributed by atoms with Crippen LogP contribution in [0.3, 0.4) is 0 Å². The minimum Gasteiger partial charge on any atom is -0.329 e. The second-order valence-corrected chi connectivity index (χ2v) is 3.37. The highest BCUT2D eigenvalue weighted by Gasteiger charge is 2.13. The van der Waals surface area contributed by atoms with Crippen LogP contribution in [0.25, 0.3) is 0 Å². The van der Waals surface area contributed by atoms with E-state index in [0.717, 1.165) is 16.2 Å². The van der Waals surface area contributed by atoms with E-state index >= 15 is 0 Å². The van der Waals surface area contributed by atoms with Crippen LogP contribution < -0.4 is 11.5 Å². The predicted molar refractivity (Wildman–Crippen MR) is 54.2 cm³/mol. The Balaban J connectivity index is 0.00000144. The van der Waals surface area contributed by atoms with Gasteiger partial charge in [0.1, 0.15) is 0 Å². The Morgan fingerprint density at radius 2 is 2.23 bits per heavy atom. The normalized spacial score (nSPS) is 11.8. The second kappa shape index (κ2) is 5.13. The first-order valence-electron chi connectivity index (χ1n) is 3.35. The molecule has 0 aliphatic rings. The van der Waals surface area contributed by atoms with Gasteiger partial charge in [-0.05, 0) is 6.07 Å². The topological polar surface area (TPSA) is 95.2 Å². The van der Waals surface area contributed by atoms with Gasteiger partial charge in [0.25, 0.3) is 0 Å². The van der Waals surface area contributed by atoms with Gasteiger partial charge in [0.2, 0.25) is 0 Å². The van der Waals surface area contributed by atoms with Gasteiger partial charge in [-0.25, -0.2) is 0 Å². The molecule has 0 unspecified atom stereocenters. The van der Waals surface area contributed by atoms with E-state index in [4.69, 9.17) is 11.5 Å². The molecule has 74 valence electrons. The second-order valence-electron chi connectivity index (χ2n) is 2.28. The summed E-state index contributed by atoms with van der Waals surface area (Å²) in [7, 11) is 0. The lowest BCUT2D eigenvalue weighted by molar-refractivity contribution is -0.380. The minimum atomic E-state index is -0.433. The highest BCUT2D eigenvalue weighted by atomic mass is 35.5. The molecule has 1 aromatic rings. The van der Waals surface area contributed by atoms with E-state index in [9.17, 15) is 10.1 Å². The van der Waals surface area contributed by atoms with Gasteiger partial charge in [0, 0.05) is 17.5 Å². The van der Waals surface area contributed by atoms with Crippen molar-refractivity contribution in [2.45, 2.75) is 6.04 Å². The Morgan fingerprint density at radius 1 is 1.62 bits per heavy atom. The van der Waals surface area contributed by atoms with Crippen LogP contribution in [0.5, 0.6) is 0 Å². The molecule has 0 saturated carbocycles. The van der Waals surface area contributed by atoms with Crippen molar-refractivity contribution in [2.24, 2.45) is 11.5 Å². The summed E-state index contributed by atoms with van der Waals surface area (Å²) in [5.74, 6) is 0. The van der Waals surface area contributed by atoms with E-state index in [1.54, 1.807) is 6.07 Å². The smallest absolute Gasteiger partial charge is 0.324 e. The van der Waals surface area contributed by atoms with Crippen molar-refractivity contribution >= 4 is 28.7 Å². The van der Waals surface area contributed by atoms with Crippen LogP contribution in [0, 0.1) is 10.1 Å². The molecule has 0 aromatic carbocycles. The molecule has 0 amide bonds. The third kappa shape index (κ3) is 2.92. The lowest BCUT2D eigenvalue weighted by Crippen LogP contribution is -2.19. The van der Waals surface area contributed by atoms with Crippen molar-refractivity contribution in [1.29, 1.82) is 0 Å². The average Bonchev–Trinajstić information content (AvgIpc) is 2.51. The fourth-order valence-corrected chi connectivity index (χ4v) is 1.59. The molecule has 0 fully saturated rings. The van der Waals surface area contributed by atoms with Gasteiger partial charge < -0.3 is 11.5 Å². The first kappa shape index (κ1) is 12.3. The van der Waals surface area contributed by atoms with Crippen LogP contribution >= 0.6 is 23.7 Å². The number of rotatable bonds is 3. The monoisotopic (exact) mass is 223 g/mol. The molecule has 4 N–H and O–H groups in total. The van der Waals surface area contributed by atoms with Gasteiger partial charge in [-0.15, -0.1) is 12.4 Å². The maximum atomic E-state index is 10.3. The van der Waals surface area contributed by atoms with Crippen LogP contribution in [0.2, 0.25) is 0 Å². The Kier molecular flexibility index (Phi) is 4.86. The van der Waals surface area contributed by atoms with Crippen molar-refractivity contribution < 1.29 is 4.92 Å². The van der Waals surface area contributed by atoms with Gasteiger partial charge in [-0.3, -0.25) is 10.1 Å². The Morgan fingerprint density at radius 3 is 2.62 bits per heavy atom. The Labute approximate surface area is 85.3 Å². The molecular weight excluding hydrogens is 214 g/mol. The van der Waals surface area contributed by atoms with Crippen LogP contribution in [-0.4, -0.2) is 11.5 Å². The SMILES string of the molecule is Cl.NC[C@H](N)c1ccc([N+](=O)[O-])s1. The van der Waals surface area contributed by atoms with Crippen molar-refractivity contribution in [2.75, 3.05) is 6.54 Å². The summed E-state index contributed by atoms with van der Waals surface area (Å²) in [6.45, 7) is 0.303. The number of hydrogen-bond donors (Lipinski definition) is 2. The summed E-state index contributed by atoms with van der Waals surface area (Å²) in [6.07, 6.45) is 0. The van der Waals surface area contributed by atoms with Crippen molar-refractivity contribution in [3.8, 4) is 0 Å². The lowest BCUT2D eigenvalue weighted by Gasteiger charge is -2.02. The third-order valence-electron chi connectivity index (χ3n) is 1.41. The van der Waals surface area contributed by atoms with Crippen molar-refractivity contribution in [3.05, 3.63) is 27.1 Å². The van der Waals surface area contributed by atoms with E-state index in [1.807, 2.05) is 0 Å². The number of hydrogen-bond acceptors (Lipinski definition) is 5. The lowest BCUT2D eigenvalue weighted by atomic mass is 10.3. The summed E-state index contributed by atoms with van der Waals surface area (Å²) in [4.78, 5) is 10.6. The summed E-state index contributed by atoms with van der Waals surface area (Å²) in [5.41, 5.74) is 10.9. The Bertz CT molecular complexity index is 291. The van der Waals surface area contributed by atoms with Gasteiger partial charge in [0.05, 0.1) is 11.0 Å². The van der Waals surface area contributed by atoms with Crippen LogP contribution in [-0.2, 0) is 0 Å². The predicted octanol–water partition coefficient (Wildman–Crippen LogP) is 1.04. The highest BCUT2D eigenvalue weighted by molar-refractivity contribution is 7.15. The van der Waals surface area contributed by atoms with E-state index in [2.05, 4.69) is 0 Å². The zero-order chi connectivity index (χ0) is 9.14. The van der Waals surface area contributed by atoms with Gasteiger partial charge in [-0.1, -0.05) is 11.3 Å². The maximum absolute atomic E-state index is 10.3. The van der Waals surface area contributed by atoms with Gasteiger partial charge in [-0.2, -0.15) is 0 Å². The molecule has 1 aromatic heterocycles. The molecule has 0 spiro atoms. The van der Waals surface area contributed by atoms with Crippen LogP contribution in [0.4, 0.5) is 5.00 Å².